The highest BCUT2D eigenvalue weighted by Crippen LogP contribution is 2.37. The third-order valence-electron chi connectivity index (χ3n) is 3.70. The largest absolute Gasteiger partial charge is 0.363 e. The Morgan fingerprint density at radius 2 is 2.28 bits per heavy atom. The van der Waals surface area contributed by atoms with Gasteiger partial charge in [0.1, 0.15) is 5.69 Å². The van der Waals surface area contributed by atoms with Crippen molar-refractivity contribution in [1.82, 2.24) is 0 Å². The maximum absolute atomic E-state index is 11.1. The molecule has 0 saturated carbocycles. The maximum atomic E-state index is 11.1. The molecule has 5 heteroatoms. The number of para-hydroxylation sites is 1. The van der Waals surface area contributed by atoms with Crippen LogP contribution in [0.4, 0.5) is 11.4 Å². The summed E-state index contributed by atoms with van der Waals surface area (Å²) in [5.41, 5.74) is 7.61. The molecule has 2 rings (SSSR count). The van der Waals surface area contributed by atoms with E-state index in [1.165, 1.54) is 0 Å². The van der Waals surface area contributed by atoms with E-state index < -0.39 is 0 Å². The van der Waals surface area contributed by atoms with Gasteiger partial charge in [-0.3, -0.25) is 10.1 Å². The topological polar surface area (TPSA) is 72.4 Å². The summed E-state index contributed by atoms with van der Waals surface area (Å²) in [7, 11) is 0. The number of hydrogen-bond acceptors (Lipinski definition) is 4. The third-order valence-corrected chi connectivity index (χ3v) is 3.70. The molecule has 1 aromatic carbocycles. The summed E-state index contributed by atoms with van der Waals surface area (Å²) in [6.45, 7) is 5.47. The summed E-state index contributed by atoms with van der Waals surface area (Å²) in [5, 5.41) is 11.1. The van der Waals surface area contributed by atoms with Crippen molar-refractivity contribution in [3.63, 3.8) is 0 Å². The minimum absolute atomic E-state index is 0.194. The Kier molecular flexibility index (Phi) is 3.52. The van der Waals surface area contributed by atoms with Gasteiger partial charge in [-0.1, -0.05) is 12.1 Å². The second kappa shape index (κ2) is 4.94. The fraction of sp³-hybridized carbons (Fsp3) is 0.538. The SMILES string of the molecule is Cc1cccc([N+](=O)[O-])c1N1CC(CN)CC1C. The first-order chi connectivity index (χ1) is 8.54. The quantitative estimate of drug-likeness (QED) is 0.657. The fourth-order valence-corrected chi connectivity index (χ4v) is 2.79. The van der Waals surface area contributed by atoms with E-state index in [2.05, 4.69) is 11.8 Å². The summed E-state index contributed by atoms with van der Waals surface area (Å²) < 4.78 is 0. The van der Waals surface area contributed by atoms with E-state index in [1.54, 1.807) is 12.1 Å². The highest BCUT2D eigenvalue weighted by atomic mass is 16.6. The second-order valence-corrected chi connectivity index (χ2v) is 5.04. The van der Waals surface area contributed by atoms with Gasteiger partial charge in [-0.05, 0) is 38.3 Å². The van der Waals surface area contributed by atoms with Gasteiger partial charge in [0.15, 0.2) is 0 Å². The third kappa shape index (κ3) is 2.18. The summed E-state index contributed by atoms with van der Waals surface area (Å²) in [6.07, 6.45) is 1.00. The van der Waals surface area contributed by atoms with E-state index in [4.69, 9.17) is 5.73 Å². The summed E-state index contributed by atoms with van der Waals surface area (Å²) in [6, 6.07) is 5.53. The number of anilines is 1. The molecule has 1 aromatic rings. The highest BCUT2D eigenvalue weighted by molar-refractivity contribution is 5.68. The second-order valence-electron chi connectivity index (χ2n) is 5.04. The van der Waals surface area contributed by atoms with E-state index in [9.17, 15) is 10.1 Å². The first-order valence-corrected chi connectivity index (χ1v) is 6.25. The van der Waals surface area contributed by atoms with Crippen LogP contribution in [-0.2, 0) is 0 Å². The standard InChI is InChI=1S/C13H19N3O2/c1-9-4-3-5-12(16(17)18)13(9)15-8-11(7-14)6-10(15)2/h3-5,10-11H,6-8,14H2,1-2H3. The number of nitrogens with two attached hydrogens (primary N) is 1. The van der Waals surface area contributed by atoms with Crippen LogP contribution < -0.4 is 10.6 Å². The molecular formula is C13H19N3O2. The number of nitro groups is 1. The monoisotopic (exact) mass is 249 g/mol. The first-order valence-electron chi connectivity index (χ1n) is 6.25. The van der Waals surface area contributed by atoms with Crippen LogP contribution in [0.1, 0.15) is 18.9 Å². The van der Waals surface area contributed by atoms with Crippen molar-refractivity contribution in [2.24, 2.45) is 11.7 Å². The molecule has 2 unspecified atom stereocenters. The van der Waals surface area contributed by atoms with E-state index in [-0.39, 0.29) is 10.6 Å². The molecule has 0 bridgehead atoms. The highest BCUT2D eigenvalue weighted by Gasteiger charge is 2.32. The van der Waals surface area contributed by atoms with Crippen LogP contribution in [0.25, 0.3) is 0 Å². The Morgan fingerprint density at radius 3 is 2.83 bits per heavy atom. The molecule has 0 spiro atoms. The van der Waals surface area contributed by atoms with Gasteiger partial charge in [-0.25, -0.2) is 0 Å². The molecule has 18 heavy (non-hydrogen) atoms. The van der Waals surface area contributed by atoms with E-state index >= 15 is 0 Å². The maximum Gasteiger partial charge on any atom is 0.292 e. The van der Waals surface area contributed by atoms with Crippen molar-refractivity contribution < 1.29 is 4.92 Å². The van der Waals surface area contributed by atoms with Gasteiger partial charge in [-0.2, -0.15) is 0 Å². The average Bonchev–Trinajstić information content (AvgIpc) is 2.70. The molecule has 1 saturated heterocycles. The zero-order chi connectivity index (χ0) is 13.3. The van der Waals surface area contributed by atoms with Gasteiger partial charge in [-0.15, -0.1) is 0 Å². The molecule has 5 nitrogen and oxygen atoms in total. The molecule has 0 amide bonds. The van der Waals surface area contributed by atoms with Crippen LogP contribution in [0, 0.1) is 23.0 Å². The van der Waals surface area contributed by atoms with E-state index in [0.717, 1.165) is 24.2 Å². The van der Waals surface area contributed by atoms with Crippen molar-refractivity contribution in [2.45, 2.75) is 26.3 Å². The predicted octanol–water partition coefficient (Wildman–Crippen LogP) is 2.08. The Bertz CT molecular complexity index is 462. The van der Waals surface area contributed by atoms with Gasteiger partial charge < -0.3 is 10.6 Å². The zero-order valence-corrected chi connectivity index (χ0v) is 10.8. The number of nitro benzene ring substituents is 1. The van der Waals surface area contributed by atoms with Gasteiger partial charge in [0.25, 0.3) is 5.69 Å². The number of benzene rings is 1. The lowest BCUT2D eigenvalue weighted by Crippen LogP contribution is -2.28. The molecule has 2 N–H and O–H groups in total. The van der Waals surface area contributed by atoms with Crippen LogP contribution in [0.2, 0.25) is 0 Å². The Balaban J connectivity index is 2.41. The molecule has 2 atom stereocenters. The van der Waals surface area contributed by atoms with Crippen molar-refractivity contribution in [2.75, 3.05) is 18.0 Å². The zero-order valence-electron chi connectivity index (χ0n) is 10.8. The van der Waals surface area contributed by atoms with Gasteiger partial charge >= 0.3 is 0 Å². The minimum Gasteiger partial charge on any atom is -0.363 e. The molecule has 1 aliphatic heterocycles. The molecule has 98 valence electrons. The number of aryl methyl sites for hydroxylation is 1. The van der Waals surface area contributed by atoms with E-state index in [1.807, 2.05) is 13.0 Å². The van der Waals surface area contributed by atoms with Gasteiger partial charge in [0, 0.05) is 18.7 Å². The molecule has 0 aliphatic carbocycles. The molecule has 1 heterocycles. The molecule has 1 fully saturated rings. The molecular weight excluding hydrogens is 230 g/mol. The number of hydrogen-bond donors (Lipinski definition) is 1. The lowest BCUT2D eigenvalue weighted by molar-refractivity contribution is -0.384. The van der Waals surface area contributed by atoms with Gasteiger partial charge in [0.05, 0.1) is 4.92 Å². The summed E-state index contributed by atoms with van der Waals surface area (Å²) in [5.74, 6) is 0.430. The first kappa shape index (κ1) is 12.8. The minimum atomic E-state index is -0.301. The van der Waals surface area contributed by atoms with Crippen molar-refractivity contribution in [3.8, 4) is 0 Å². The Morgan fingerprint density at radius 1 is 1.56 bits per heavy atom. The predicted molar refractivity (Wildman–Crippen MR) is 71.8 cm³/mol. The van der Waals surface area contributed by atoms with Crippen LogP contribution in [0.15, 0.2) is 18.2 Å². The summed E-state index contributed by atoms with van der Waals surface area (Å²) >= 11 is 0. The molecule has 1 aliphatic rings. The Hall–Kier alpha value is -1.62. The number of nitrogens with zero attached hydrogens (tertiary/aromatic N) is 2. The van der Waals surface area contributed by atoms with Gasteiger partial charge in [0.2, 0.25) is 0 Å². The molecule has 0 radical (unpaired) electrons. The van der Waals surface area contributed by atoms with Crippen LogP contribution in [-0.4, -0.2) is 24.1 Å². The number of rotatable bonds is 3. The van der Waals surface area contributed by atoms with Crippen LogP contribution in [0.5, 0.6) is 0 Å². The van der Waals surface area contributed by atoms with E-state index in [0.29, 0.717) is 18.5 Å². The summed E-state index contributed by atoms with van der Waals surface area (Å²) in [4.78, 5) is 13.0. The normalized spacial score (nSPS) is 23.4. The fourth-order valence-electron chi connectivity index (χ4n) is 2.79. The van der Waals surface area contributed by atoms with Crippen molar-refractivity contribution >= 4 is 11.4 Å². The van der Waals surface area contributed by atoms with Crippen LogP contribution >= 0.6 is 0 Å². The van der Waals surface area contributed by atoms with Crippen molar-refractivity contribution in [3.05, 3.63) is 33.9 Å². The van der Waals surface area contributed by atoms with Crippen molar-refractivity contribution in [1.29, 1.82) is 0 Å². The Labute approximate surface area is 107 Å². The van der Waals surface area contributed by atoms with Crippen LogP contribution in [0.3, 0.4) is 0 Å². The lowest BCUT2D eigenvalue weighted by atomic mass is 10.1. The smallest absolute Gasteiger partial charge is 0.292 e. The lowest BCUT2D eigenvalue weighted by Gasteiger charge is -2.25. The molecule has 0 aromatic heterocycles. The average molecular weight is 249 g/mol.